The van der Waals surface area contributed by atoms with Crippen LogP contribution in [0.2, 0.25) is 0 Å². The first-order chi connectivity index (χ1) is 18.2. The van der Waals surface area contributed by atoms with Gasteiger partial charge in [0.2, 0.25) is 15.0 Å². The van der Waals surface area contributed by atoms with Gasteiger partial charge >= 0.3 is 0 Å². The van der Waals surface area contributed by atoms with Gasteiger partial charge in [-0.25, -0.2) is 17.8 Å². The molecule has 3 aromatic rings. The summed E-state index contributed by atoms with van der Waals surface area (Å²) in [7, 11) is -2.42. The third-order valence-electron chi connectivity index (χ3n) is 6.46. The van der Waals surface area contributed by atoms with E-state index in [0.717, 1.165) is 12.8 Å². The molecule has 38 heavy (non-hydrogen) atoms. The lowest BCUT2D eigenvalue weighted by molar-refractivity contribution is 0.0711. The summed E-state index contributed by atoms with van der Waals surface area (Å²) in [6.45, 7) is 5.56. The van der Waals surface area contributed by atoms with Crippen LogP contribution in [0.15, 0.2) is 59.9 Å². The Morgan fingerprint density at radius 2 is 1.95 bits per heavy atom. The van der Waals surface area contributed by atoms with Crippen molar-refractivity contribution in [3.63, 3.8) is 0 Å². The molecule has 1 fully saturated rings. The Labute approximate surface area is 223 Å². The number of carbonyl (C=O) groups is 1. The van der Waals surface area contributed by atoms with Gasteiger partial charge in [-0.05, 0) is 49.1 Å². The highest BCUT2D eigenvalue weighted by Gasteiger charge is 2.29. The molecule has 1 atom stereocenters. The van der Waals surface area contributed by atoms with Gasteiger partial charge in [-0.1, -0.05) is 32.0 Å². The molecule has 2 heterocycles. The third kappa shape index (κ3) is 6.60. The van der Waals surface area contributed by atoms with Gasteiger partial charge < -0.3 is 18.9 Å². The summed E-state index contributed by atoms with van der Waals surface area (Å²) in [6, 6.07) is 12.7. The van der Waals surface area contributed by atoms with Crippen LogP contribution >= 0.6 is 0 Å². The molecule has 1 aliphatic heterocycles. The van der Waals surface area contributed by atoms with Crippen LogP contribution in [0.5, 0.6) is 5.75 Å². The van der Waals surface area contributed by atoms with Gasteiger partial charge in [0.25, 0.3) is 5.91 Å². The molecule has 8 nitrogen and oxygen atoms in total. The standard InChI is InChI=1S/C28H34FN3O5S/c1-20(2)16-31(27(33)21-10-12-24(36-3)13-11-21)17-23-15-30-28(32(23)18-25-8-6-14-37-25)38(34,35)19-22-7-4-5-9-26(22)29/h4-5,7,9-13,15,20,25H,6,8,14,16-19H2,1-3H3. The SMILES string of the molecule is COc1ccc(C(=O)N(Cc2cnc(S(=O)(=O)Cc3ccccc3F)n2CC2CCCO2)CC(C)C)cc1. The molecule has 0 bridgehead atoms. The number of rotatable bonds is 11. The molecule has 0 spiro atoms. The molecule has 0 radical (unpaired) electrons. The van der Waals surface area contributed by atoms with Crippen molar-refractivity contribution in [2.75, 3.05) is 20.3 Å². The maximum absolute atomic E-state index is 14.3. The van der Waals surface area contributed by atoms with Gasteiger partial charge in [0.1, 0.15) is 11.6 Å². The van der Waals surface area contributed by atoms with Crippen LogP contribution in [0.3, 0.4) is 0 Å². The Morgan fingerprint density at radius 3 is 2.58 bits per heavy atom. The highest BCUT2D eigenvalue weighted by molar-refractivity contribution is 7.90. The minimum absolute atomic E-state index is 0.0804. The Bertz CT molecular complexity index is 1350. The number of ether oxygens (including phenoxy) is 2. The number of hydrogen-bond donors (Lipinski definition) is 0. The van der Waals surface area contributed by atoms with Crippen molar-refractivity contribution >= 4 is 15.7 Å². The van der Waals surface area contributed by atoms with E-state index in [1.54, 1.807) is 46.9 Å². The second-order valence-corrected chi connectivity index (χ2v) is 11.8. The fourth-order valence-corrected chi connectivity index (χ4v) is 6.12. The Morgan fingerprint density at radius 1 is 1.21 bits per heavy atom. The van der Waals surface area contributed by atoms with Crippen LogP contribution < -0.4 is 4.74 Å². The highest BCUT2D eigenvalue weighted by atomic mass is 32.2. The van der Waals surface area contributed by atoms with Gasteiger partial charge in [0, 0.05) is 24.3 Å². The summed E-state index contributed by atoms with van der Waals surface area (Å²) in [4.78, 5) is 19.5. The first-order valence-corrected chi connectivity index (χ1v) is 14.4. The number of aromatic nitrogens is 2. The van der Waals surface area contributed by atoms with E-state index in [-0.39, 0.29) is 41.7 Å². The lowest BCUT2D eigenvalue weighted by Crippen LogP contribution is -2.35. The topological polar surface area (TPSA) is 90.7 Å². The monoisotopic (exact) mass is 543 g/mol. The zero-order valence-corrected chi connectivity index (χ0v) is 22.8. The van der Waals surface area contributed by atoms with Crippen molar-refractivity contribution in [2.24, 2.45) is 5.92 Å². The first-order valence-electron chi connectivity index (χ1n) is 12.7. The number of imidazole rings is 1. The fraction of sp³-hybridized carbons (Fsp3) is 0.429. The largest absolute Gasteiger partial charge is 0.497 e. The molecule has 10 heteroatoms. The van der Waals surface area contributed by atoms with Gasteiger partial charge in [0.15, 0.2) is 0 Å². The molecule has 0 aliphatic carbocycles. The van der Waals surface area contributed by atoms with E-state index in [4.69, 9.17) is 9.47 Å². The average molecular weight is 544 g/mol. The van der Waals surface area contributed by atoms with Crippen LogP contribution in [-0.2, 0) is 33.4 Å². The van der Waals surface area contributed by atoms with Crippen molar-refractivity contribution in [1.82, 2.24) is 14.5 Å². The summed E-state index contributed by atoms with van der Waals surface area (Å²) >= 11 is 0. The number of halogens is 1. The van der Waals surface area contributed by atoms with E-state index in [9.17, 15) is 17.6 Å². The van der Waals surface area contributed by atoms with Crippen LogP contribution in [-0.4, -0.2) is 55.1 Å². The van der Waals surface area contributed by atoms with Crippen LogP contribution in [0, 0.1) is 11.7 Å². The number of hydrogen-bond acceptors (Lipinski definition) is 6. The molecule has 1 aliphatic rings. The van der Waals surface area contributed by atoms with Crippen LogP contribution in [0.4, 0.5) is 4.39 Å². The smallest absolute Gasteiger partial charge is 0.254 e. The highest BCUT2D eigenvalue weighted by Crippen LogP contribution is 2.24. The number of sulfone groups is 1. The minimum atomic E-state index is -3.99. The van der Waals surface area contributed by atoms with E-state index in [0.29, 0.717) is 30.2 Å². The maximum Gasteiger partial charge on any atom is 0.254 e. The van der Waals surface area contributed by atoms with Gasteiger partial charge in [-0.15, -0.1) is 0 Å². The molecule has 2 aromatic carbocycles. The van der Waals surface area contributed by atoms with Crippen molar-refractivity contribution in [1.29, 1.82) is 0 Å². The van der Waals surface area contributed by atoms with Gasteiger partial charge in [-0.3, -0.25) is 4.79 Å². The van der Waals surface area contributed by atoms with Gasteiger partial charge in [0.05, 0.1) is 43.9 Å². The summed E-state index contributed by atoms with van der Waals surface area (Å²) < 4.78 is 53.8. The third-order valence-corrected chi connectivity index (χ3v) is 8.03. The van der Waals surface area contributed by atoms with Crippen molar-refractivity contribution in [2.45, 2.75) is 56.8 Å². The number of methoxy groups -OCH3 is 1. The normalized spacial score (nSPS) is 15.7. The predicted octanol–water partition coefficient (Wildman–Crippen LogP) is 4.48. The second-order valence-electron chi connectivity index (χ2n) is 9.94. The molecule has 204 valence electrons. The molecule has 0 saturated carbocycles. The summed E-state index contributed by atoms with van der Waals surface area (Å²) in [5, 5.41) is -0.146. The summed E-state index contributed by atoms with van der Waals surface area (Å²) in [5.41, 5.74) is 1.16. The number of carbonyl (C=O) groups excluding carboxylic acids is 1. The summed E-state index contributed by atoms with van der Waals surface area (Å²) in [5.74, 6) is -0.446. The van der Waals surface area contributed by atoms with E-state index >= 15 is 0 Å². The van der Waals surface area contributed by atoms with E-state index in [2.05, 4.69) is 4.98 Å². The van der Waals surface area contributed by atoms with Crippen molar-refractivity contribution in [3.05, 3.63) is 77.4 Å². The molecule has 0 N–H and O–H groups in total. The molecule has 1 unspecified atom stereocenters. The van der Waals surface area contributed by atoms with E-state index < -0.39 is 21.4 Å². The molecule has 1 aromatic heterocycles. The fourth-order valence-electron chi connectivity index (χ4n) is 4.61. The first kappa shape index (κ1) is 27.8. The molecular formula is C28H34FN3O5S. The molecule has 1 amide bonds. The van der Waals surface area contributed by atoms with Crippen molar-refractivity contribution in [3.8, 4) is 5.75 Å². The van der Waals surface area contributed by atoms with Crippen molar-refractivity contribution < 1.29 is 27.1 Å². The average Bonchev–Trinajstić information content (AvgIpc) is 3.55. The molecule has 1 saturated heterocycles. The molecular weight excluding hydrogens is 509 g/mol. The number of amides is 1. The lowest BCUT2D eigenvalue weighted by atomic mass is 10.1. The number of nitrogens with zero attached hydrogens (tertiary/aromatic N) is 3. The number of benzene rings is 2. The molecule has 4 rings (SSSR count). The van der Waals surface area contributed by atoms with Crippen LogP contribution in [0.25, 0.3) is 0 Å². The second kappa shape index (κ2) is 12.1. The maximum atomic E-state index is 14.3. The zero-order valence-electron chi connectivity index (χ0n) is 22.0. The Kier molecular flexibility index (Phi) is 8.83. The summed E-state index contributed by atoms with van der Waals surface area (Å²) in [6.07, 6.45) is 3.02. The van der Waals surface area contributed by atoms with E-state index in [1.165, 1.54) is 24.4 Å². The lowest BCUT2D eigenvalue weighted by Gasteiger charge is -2.26. The zero-order chi connectivity index (χ0) is 27.3. The van der Waals surface area contributed by atoms with Gasteiger partial charge in [-0.2, -0.15) is 0 Å². The Balaban J connectivity index is 1.67. The Hall–Kier alpha value is -3.24. The predicted molar refractivity (Wildman–Crippen MR) is 141 cm³/mol. The van der Waals surface area contributed by atoms with E-state index in [1.807, 2.05) is 13.8 Å². The van der Waals surface area contributed by atoms with Crippen LogP contribution in [0.1, 0.15) is 48.3 Å². The minimum Gasteiger partial charge on any atom is -0.497 e. The quantitative estimate of drug-likeness (QED) is 0.354.